The highest BCUT2D eigenvalue weighted by Crippen LogP contribution is 2.27. The van der Waals surface area contributed by atoms with E-state index in [1.807, 2.05) is 43.3 Å². The molecular formula is C25H27N3O3. The first-order chi connectivity index (χ1) is 15.0. The molecule has 6 nitrogen and oxygen atoms in total. The van der Waals surface area contributed by atoms with Crippen LogP contribution < -0.4 is 0 Å². The number of hydrogen-bond acceptors (Lipinski definition) is 5. The molecule has 0 aliphatic carbocycles. The van der Waals surface area contributed by atoms with Gasteiger partial charge in [0.2, 0.25) is 5.91 Å². The molecule has 0 saturated carbocycles. The van der Waals surface area contributed by atoms with Gasteiger partial charge in [0.25, 0.3) is 0 Å². The third-order valence-electron chi connectivity index (χ3n) is 4.91. The molecule has 0 saturated heterocycles. The normalized spacial score (nSPS) is 10.5. The number of benzene rings is 1. The average Bonchev–Trinajstić information content (AvgIpc) is 2.74. The Morgan fingerprint density at radius 3 is 2.61 bits per heavy atom. The fourth-order valence-corrected chi connectivity index (χ4v) is 3.42. The van der Waals surface area contributed by atoms with Gasteiger partial charge in [0.1, 0.15) is 0 Å². The van der Waals surface area contributed by atoms with Gasteiger partial charge in [-0.05, 0) is 48.7 Å². The number of ether oxygens (including phenoxy) is 1. The Hall–Kier alpha value is -3.54. The molecule has 6 heteroatoms. The first-order valence-corrected chi connectivity index (χ1v) is 10.3. The van der Waals surface area contributed by atoms with Crippen LogP contribution in [0.15, 0.2) is 61.1 Å². The molecule has 160 valence electrons. The van der Waals surface area contributed by atoms with E-state index in [1.54, 1.807) is 37.3 Å². The van der Waals surface area contributed by atoms with Crippen molar-refractivity contribution in [2.24, 2.45) is 0 Å². The van der Waals surface area contributed by atoms with Crippen LogP contribution in [0.25, 0.3) is 11.1 Å². The van der Waals surface area contributed by atoms with Crippen molar-refractivity contribution in [2.45, 2.75) is 40.3 Å². The Morgan fingerprint density at radius 2 is 1.90 bits per heavy atom. The molecule has 0 bridgehead atoms. The molecule has 0 atom stereocenters. The summed E-state index contributed by atoms with van der Waals surface area (Å²) in [6.07, 6.45) is 5.36. The van der Waals surface area contributed by atoms with E-state index >= 15 is 0 Å². The van der Waals surface area contributed by atoms with E-state index in [0.29, 0.717) is 19.7 Å². The van der Waals surface area contributed by atoms with Crippen LogP contribution in [-0.4, -0.2) is 33.4 Å². The van der Waals surface area contributed by atoms with Crippen LogP contribution in [0.5, 0.6) is 0 Å². The van der Waals surface area contributed by atoms with Crippen molar-refractivity contribution >= 4 is 11.9 Å². The van der Waals surface area contributed by atoms with Gasteiger partial charge in [-0.15, -0.1) is 0 Å². The maximum absolute atomic E-state index is 12.4. The minimum Gasteiger partial charge on any atom is -0.466 e. The second kappa shape index (κ2) is 10.5. The molecule has 0 spiro atoms. The lowest BCUT2D eigenvalue weighted by Gasteiger charge is -2.23. The van der Waals surface area contributed by atoms with Crippen LogP contribution in [0.1, 0.15) is 36.2 Å². The number of carbonyl (C=O) groups is 2. The van der Waals surface area contributed by atoms with Gasteiger partial charge in [-0.1, -0.05) is 29.8 Å². The number of nitrogens with zero attached hydrogens (tertiary/aromatic N) is 3. The van der Waals surface area contributed by atoms with Crippen molar-refractivity contribution in [3.8, 4) is 11.1 Å². The highest BCUT2D eigenvalue weighted by atomic mass is 16.5. The molecule has 2 aromatic heterocycles. The van der Waals surface area contributed by atoms with E-state index in [9.17, 15) is 9.59 Å². The highest BCUT2D eigenvalue weighted by molar-refractivity contribution is 5.75. The quantitative estimate of drug-likeness (QED) is 0.516. The Bertz CT molecular complexity index is 1050. The molecule has 0 N–H and O–H groups in total. The van der Waals surface area contributed by atoms with Gasteiger partial charge in [-0.2, -0.15) is 0 Å². The molecule has 3 aromatic rings. The van der Waals surface area contributed by atoms with Crippen molar-refractivity contribution in [1.29, 1.82) is 0 Å². The van der Waals surface area contributed by atoms with E-state index in [2.05, 4.69) is 16.0 Å². The zero-order chi connectivity index (χ0) is 22.2. The monoisotopic (exact) mass is 417 g/mol. The van der Waals surface area contributed by atoms with E-state index < -0.39 is 0 Å². The smallest absolute Gasteiger partial charge is 0.310 e. The number of hydrogen-bond donors (Lipinski definition) is 0. The fraction of sp³-hybridized carbons (Fsp3) is 0.280. The van der Waals surface area contributed by atoms with Crippen LogP contribution >= 0.6 is 0 Å². The predicted octanol–water partition coefficient (Wildman–Crippen LogP) is 4.11. The molecule has 31 heavy (non-hydrogen) atoms. The van der Waals surface area contributed by atoms with Gasteiger partial charge in [0.05, 0.1) is 25.3 Å². The lowest BCUT2D eigenvalue weighted by molar-refractivity contribution is -0.142. The van der Waals surface area contributed by atoms with Crippen molar-refractivity contribution < 1.29 is 14.3 Å². The highest BCUT2D eigenvalue weighted by Gasteiger charge is 2.15. The molecular weight excluding hydrogens is 390 g/mol. The van der Waals surface area contributed by atoms with Crippen LogP contribution in [0.2, 0.25) is 0 Å². The van der Waals surface area contributed by atoms with E-state index in [0.717, 1.165) is 33.5 Å². The lowest BCUT2D eigenvalue weighted by atomic mass is 9.97. The summed E-state index contributed by atoms with van der Waals surface area (Å²) in [4.78, 5) is 34.7. The van der Waals surface area contributed by atoms with Gasteiger partial charge >= 0.3 is 5.97 Å². The van der Waals surface area contributed by atoms with Gasteiger partial charge < -0.3 is 9.64 Å². The largest absolute Gasteiger partial charge is 0.466 e. The summed E-state index contributed by atoms with van der Waals surface area (Å²) in [6, 6.07) is 13.8. The first-order valence-electron chi connectivity index (χ1n) is 10.3. The number of carbonyl (C=O) groups excluding carboxylic acids is 2. The second-order valence-corrected chi connectivity index (χ2v) is 7.42. The topological polar surface area (TPSA) is 72.4 Å². The maximum atomic E-state index is 12.4. The number of rotatable bonds is 8. The Balaban J connectivity index is 1.90. The summed E-state index contributed by atoms with van der Waals surface area (Å²) in [5.74, 6) is -0.295. The second-order valence-electron chi connectivity index (χ2n) is 7.42. The number of amides is 1. The predicted molar refractivity (Wildman–Crippen MR) is 119 cm³/mol. The Morgan fingerprint density at radius 1 is 1.06 bits per heavy atom. The van der Waals surface area contributed by atoms with E-state index in [1.165, 1.54) is 0 Å². The molecule has 2 heterocycles. The van der Waals surface area contributed by atoms with Gasteiger partial charge in [-0.25, -0.2) is 0 Å². The van der Waals surface area contributed by atoms with Crippen LogP contribution in [-0.2, 0) is 33.8 Å². The molecule has 0 aliphatic heterocycles. The minimum atomic E-state index is -0.274. The maximum Gasteiger partial charge on any atom is 0.310 e. The third-order valence-corrected chi connectivity index (χ3v) is 4.91. The van der Waals surface area contributed by atoms with Crippen LogP contribution in [0, 0.1) is 6.92 Å². The zero-order valence-corrected chi connectivity index (χ0v) is 18.2. The summed E-state index contributed by atoms with van der Waals surface area (Å²) in [6.45, 7) is 6.62. The zero-order valence-electron chi connectivity index (χ0n) is 18.2. The van der Waals surface area contributed by atoms with Gasteiger partial charge in [-0.3, -0.25) is 19.6 Å². The summed E-state index contributed by atoms with van der Waals surface area (Å²) < 4.78 is 5.05. The molecule has 3 rings (SSSR count). The molecule has 1 aromatic carbocycles. The number of pyridine rings is 2. The number of aromatic nitrogens is 2. The third kappa shape index (κ3) is 6.22. The van der Waals surface area contributed by atoms with Crippen LogP contribution in [0.3, 0.4) is 0 Å². The van der Waals surface area contributed by atoms with Crippen molar-refractivity contribution in [3.63, 3.8) is 0 Å². The van der Waals surface area contributed by atoms with E-state index in [-0.39, 0.29) is 18.3 Å². The van der Waals surface area contributed by atoms with Crippen molar-refractivity contribution in [2.75, 3.05) is 6.61 Å². The van der Waals surface area contributed by atoms with Crippen LogP contribution in [0.4, 0.5) is 0 Å². The van der Waals surface area contributed by atoms with Crippen molar-refractivity contribution in [3.05, 3.63) is 83.4 Å². The molecule has 0 radical (unpaired) electrons. The number of esters is 1. The summed E-state index contributed by atoms with van der Waals surface area (Å²) in [5.41, 5.74) is 5.63. The summed E-state index contributed by atoms with van der Waals surface area (Å²) in [7, 11) is 0. The molecule has 0 fully saturated rings. The molecule has 0 unspecified atom stereocenters. The lowest BCUT2D eigenvalue weighted by Crippen LogP contribution is -2.28. The summed E-state index contributed by atoms with van der Waals surface area (Å²) >= 11 is 0. The molecule has 1 amide bonds. The standard InChI is InChI=1S/C25H27N3O3/c1-4-31-25(30)13-20-12-21(15-26-14-20)24-9-8-18(2)11-22(24)16-28(19(3)29)17-23-7-5-6-10-27-23/h5-12,14-15H,4,13,16-17H2,1-3H3. The Kier molecular flexibility index (Phi) is 7.49. The van der Waals surface area contributed by atoms with Gasteiger partial charge in [0.15, 0.2) is 0 Å². The fourth-order valence-electron chi connectivity index (χ4n) is 3.42. The van der Waals surface area contributed by atoms with Crippen molar-refractivity contribution in [1.82, 2.24) is 14.9 Å². The average molecular weight is 418 g/mol. The molecule has 0 aliphatic rings. The first kappa shape index (κ1) is 22.2. The summed E-state index contributed by atoms with van der Waals surface area (Å²) in [5, 5.41) is 0. The van der Waals surface area contributed by atoms with E-state index in [4.69, 9.17) is 4.74 Å². The Labute approximate surface area is 182 Å². The minimum absolute atomic E-state index is 0.0210. The number of aryl methyl sites for hydroxylation is 1. The SMILES string of the molecule is CCOC(=O)Cc1cncc(-c2ccc(C)cc2CN(Cc2ccccn2)C(C)=O)c1. The van der Waals surface area contributed by atoms with Gasteiger partial charge in [0, 0.05) is 37.6 Å².